The molecule has 1 rings (SSSR count). The minimum Gasteiger partial charge on any atom is -0.481 e. The minimum absolute atomic E-state index is 0.243. The third kappa shape index (κ3) is 3.21. The zero-order chi connectivity index (χ0) is 11.3. The molecule has 0 fully saturated rings. The van der Waals surface area contributed by atoms with Gasteiger partial charge in [-0.25, -0.2) is 0 Å². The largest absolute Gasteiger partial charge is 0.481 e. The Kier molecular flexibility index (Phi) is 4.05. The van der Waals surface area contributed by atoms with Gasteiger partial charge in [0.1, 0.15) is 0 Å². The molecule has 0 bridgehead atoms. The summed E-state index contributed by atoms with van der Waals surface area (Å²) >= 11 is 0. The molecule has 1 aromatic rings. The molecule has 0 atom stereocenters. The van der Waals surface area contributed by atoms with E-state index in [1.165, 1.54) is 10.6 Å². The first-order valence-electron chi connectivity index (χ1n) is 4.54. The Bertz CT molecular complexity index is 397. The predicted octanol–water partition coefficient (Wildman–Crippen LogP) is 0.122. The quantitative estimate of drug-likeness (QED) is 0.751. The molecule has 1 N–H and O–H groups in total. The van der Waals surface area contributed by atoms with E-state index in [0.29, 0.717) is 18.7 Å². The van der Waals surface area contributed by atoms with Crippen LogP contribution in [0.1, 0.15) is 5.56 Å². The second-order valence-corrected chi connectivity index (χ2v) is 3.10. The maximum Gasteiger partial charge on any atom is 0.308 e. The molecular formula is C10H13NO4. The molecule has 1 aromatic heterocycles. The van der Waals surface area contributed by atoms with Gasteiger partial charge < -0.3 is 14.4 Å². The van der Waals surface area contributed by atoms with Gasteiger partial charge in [0.2, 0.25) is 0 Å². The SMILES string of the molecule is COCCn1cccc(CC(=O)O)c1=O. The highest BCUT2D eigenvalue weighted by atomic mass is 16.5. The lowest BCUT2D eigenvalue weighted by molar-refractivity contribution is -0.136. The van der Waals surface area contributed by atoms with Crippen molar-refractivity contribution >= 4 is 5.97 Å². The fraction of sp³-hybridized carbons (Fsp3) is 0.400. The third-order valence-electron chi connectivity index (χ3n) is 1.98. The topological polar surface area (TPSA) is 68.5 Å². The smallest absolute Gasteiger partial charge is 0.308 e. The van der Waals surface area contributed by atoms with Crippen LogP contribution in [0.3, 0.4) is 0 Å². The van der Waals surface area contributed by atoms with Gasteiger partial charge in [-0.15, -0.1) is 0 Å². The first kappa shape index (κ1) is 11.5. The van der Waals surface area contributed by atoms with Crippen LogP contribution in [0.15, 0.2) is 23.1 Å². The molecule has 0 unspecified atom stereocenters. The number of rotatable bonds is 5. The first-order valence-corrected chi connectivity index (χ1v) is 4.54. The number of carboxylic acid groups (broad SMARTS) is 1. The van der Waals surface area contributed by atoms with Crippen LogP contribution in [0.5, 0.6) is 0 Å². The van der Waals surface area contributed by atoms with Crippen LogP contribution < -0.4 is 5.56 Å². The highest BCUT2D eigenvalue weighted by molar-refractivity contribution is 5.69. The number of aromatic nitrogens is 1. The minimum atomic E-state index is -1.00. The molecule has 0 amide bonds. The molecule has 15 heavy (non-hydrogen) atoms. The van der Waals surface area contributed by atoms with Crippen LogP contribution in [0.4, 0.5) is 0 Å². The maximum atomic E-state index is 11.7. The molecule has 0 saturated heterocycles. The molecular weight excluding hydrogens is 198 g/mol. The van der Waals surface area contributed by atoms with Crippen LogP contribution >= 0.6 is 0 Å². The lowest BCUT2D eigenvalue weighted by Gasteiger charge is -2.05. The van der Waals surface area contributed by atoms with Crippen molar-refractivity contribution in [3.63, 3.8) is 0 Å². The van der Waals surface area contributed by atoms with E-state index in [4.69, 9.17) is 9.84 Å². The Morgan fingerprint density at radius 1 is 1.60 bits per heavy atom. The van der Waals surface area contributed by atoms with Gasteiger partial charge >= 0.3 is 5.97 Å². The van der Waals surface area contributed by atoms with E-state index in [9.17, 15) is 9.59 Å². The maximum absolute atomic E-state index is 11.7. The summed E-state index contributed by atoms with van der Waals surface area (Å²) in [6.45, 7) is 0.860. The van der Waals surface area contributed by atoms with Crippen molar-refractivity contribution < 1.29 is 14.6 Å². The van der Waals surface area contributed by atoms with Gasteiger partial charge in [0.25, 0.3) is 5.56 Å². The highest BCUT2D eigenvalue weighted by Crippen LogP contribution is 1.94. The molecule has 82 valence electrons. The molecule has 0 aliphatic carbocycles. The van der Waals surface area contributed by atoms with E-state index in [2.05, 4.69) is 0 Å². The average molecular weight is 211 g/mol. The zero-order valence-corrected chi connectivity index (χ0v) is 8.47. The third-order valence-corrected chi connectivity index (χ3v) is 1.98. The lowest BCUT2D eigenvalue weighted by Crippen LogP contribution is -2.25. The summed E-state index contributed by atoms with van der Waals surface area (Å²) in [5.41, 5.74) is 0.0260. The van der Waals surface area contributed by atoms with Crippen molar-refractivity contribution in [3.8, 4) is 0 Å². The van der Waals surface area contributed by atoms with Crippen molar-refractivity contribution in [2.24, 2.45) is 0 Å². The molecule has 0 radical (unpaired) electrons. The van der Waals surface area contributed by atoms with Crippen LogP contribution in [0, 0.1) is 0 Å². The van der Waals surface area contributed by atoms with Gasteiger partial charge in [0.05, 0.1) is 13.0 Å². The van der Waals surface area contributed by atoms with E-state index < -0.39 is 5.97 Å². The molecule has 5 heteroatoms. The van der Waals surface area contributed by atoms with Crippen molar-refractivity contribution in [3.05, 3.63) is 34.2 Å². The van der Waals surface area contributed by atoms with Crippen LogP contribution in [-0.2, 0) is 22.5 Å². The Morgan fingerprint density at radius 2 is 2.33 bits per heavy atom. The number of hydrogen-bond acceptors (Lipinski definition) is 3. The van der Waals surface area contributed by atoms with Gasteiger partial charge in [0, 0.05) is 25.4 Å². The highest BCUT2D eigenvalue weighted by Gasteiger charge is 2.06. The molecule has 0 spiro atoms. The molecule has 0 aromatic carbocycles. The fourth-order valence-electron chi connectivity index (χ4n) is 1.25. The molecule has 0 saturated carbocycles. The Morgan fingerprint density at radius 3 is 2.93 bits per heavy atom. The van der Waals surface area contributed by atoms with Gasteiger partial charge in [-0.3, -0.25) is 9.59 Å². The fourth-order valence-corrected chi connectivity index (χ4v) is 1.25. The van der Waals surface area contributed by atoms with Crippen molar-refractivity contribution in [2.75, 3.05) is 13.7 Å². The van der Waals surface area contributed by atoms with Crippen molar-refractivity contribution in [1.29, 1.82) is 0 Å². The zero-order valence-electron chi connectivity index (χ0n) is 8.47. The lowest BCUT2D eigenvalue weighted by atomic mass is 10.2. The Balaban J connectivity index is 2.90. The van der Waals surface area contributed by atoms with E-state index in [0.717, 1.165) is 0 Å². The molecule has 5 nitrogen and oxygen atoms in total. The second kappa shape index (κ2) is 5.31. The van der Waals surface area contributed by atoms with Crippen molar-refractivity contribution in [2.45, 2.75) is 13.0 Å². The molecule has 1 heterocycles. The molecule has 0 aliphatic rings. The number of carbonyl (C=O) groups is 1. The first-order chi connectivity index (χ1) is 7.15. The predicted molar refractivity (Wildman–Crippen MR) is 53.9 cm³/mol. The van der Waals surface area contributed by atoms with E-state index in [1.54, 1.807) is 19.4 Å². The summed E-state index contributed by atoms with van der Waals surface area (Å²) in [4.78, 5) is 22.1. The van der Waals surface area contributed by atoms with E-state index in [1.807, 2.05) is 0 Å². The standard InChI is InChI=1S/C10H13NO4/c1-15-6-5-11-4-2-3-8(10(11)14)7-9(12)13/h2-4H,5-7H2,1H3,(H,12,13). The number of nitrogens with zero attached hydrogens (tertiary/aromatic N) is 1. The number of methoxy groups -OCH3 is 1. The van der Waals surface area contributed by atoms with Crippen LogP contribution in [-0.4, -0.2) is 29.4 Å². The van der Waals surface area contributed by atoms with Crippen LogP contribution in [0.2, 0.25) is 0 Å². The summed E-state index contributed by atoms with van der Waals surface area (Å²) in [6.07, 6.45) is 1.37. The van der Waals surface area contributed by atoms with Crippen LogP contribution in [0.25, 0.3) is 0 Å². The van der Waals surface area contributed by atoms with Gasteiger partial charge in [-0.2, -0.15) is 0 Å². The van der Waals surface area contributed by atoms with E-state index >= 15 is 0 Å². The van der Waals surface area contributed by atoms with Gasteiger partial charge in [0.15, 0.2) is 0 Å². The summed E-state index contributed by atoms with van der Waals surface area (Å²) < 4.78 is 6.29. The summed E-state index contributed by atoms with van der Waals surface area (Å²) in [7, 11) is 1.55. The number of aliphatic carboxylic acids is 1. The van der Waals surface area contributed by atoms with Gasteiger partial charge in [-0.1, -0.05) is 6.07 Å². The number of ether oxygens (including phenoxy) is 1. The Labute approximate surface area is 86.9 Å². The second-order valence-electron chi connectivity index (χ2n) is 3.10. The number of carboxylic acids is 1. The number of pyridine rings is 1. The Hall–Kier alpha value is -1.62. The molecule has 0 aliphatic heterocycles. The summed E-state index contributed by atoms with van der Waals surface area (Å²) in [5.74, 6) is -1.00. The van der Waals surface area contributed by atoms with E-state index in [-0.39, 0.29) is 12.0 Å². The van der Waals surface area contributed by atoms with Gasteiger partial charge in [-0.05, 0) is 6.07 Å². The monoisotopic (exact) mass is 211 g/mol. The van der Waals surface area contributed by atoms with Crippen molar-refractivity contribution in [1.82, 2.24) is 4.57 Å². The summed E-state index contributed by atoms with van der Waals surface area (Å²) in [5, 5.41) is 8.59. The number of hydrogen-bond donors (Lipinski definition) is 1. The average Bonchev–Trinajstić information content (AvgIpc) is 2.19. The summed E-state index contributed by atoms with van der Waals surface area (Å²) in [6, 6.07) is 3.19. The normalized spacial score (nSPS) is 10.2.